The summed E-state index contributed by atoms with van der Waals surface area (Å²) in [6.45, 7) is 4.65. The van der Waals surface area contributed by atoms with Crippen molar-refractivity contribution in [2.75, 3.05) is 32.7 Å². The molecule has 2 rings (SSSR count). The highest BCUT2D eigenvalue weighted by molar-refractivity contribution is 5.80. The molecule has 0 spiro atoms. The Bertz CT molecular complexity index is 378. The Morgan fingerprint density at radius 1 is 1.35 bits per heavy atom. The van der Waals surface area contributed by atoms with Crippen molar-refractivity contribution in [3.63, 3.8) is 0 Å². The summed E-state index contributed by atoms with van der Waals surface area (Å²) < 4.78 is 0. The van der Waals surface area contributed by atoms with Crippen molar-refractivity contribution in [3.8, 4) is 0 Å². The summed E-state index contributed by atoms with van der Waals surface area (Å²) in [5, 5.41) is 9.89. The third kappa shape index (κ3) is 3.68. The highest BCUT2D eigenvalue weighted by atomic mass is 16.3. The fraction of sp³-hybridized carbons (Fsp3) is 0.846. The number of amides is 2. The summed E-state index contributed by atoms with van der Waals surface area (Å²) in [4.78, 5) is 27.4. The predicted octanol–water partition coefficient (Wildman–Crippen LogP) is -1.33. The molecular weight excluding hydrogens is 260 g/mol. The number of hydrogen-bond donors (Lipinski definition) is 3. The topological polar surface area (TPSA) is 98.9 Å². The van der Waals surface area contributed by atoms with E-state index in [1.54, 1.807) is 11.8 Å². The fourth-order valence-corrected chi connectivity index (χ4v) is 2.97. The van der Waals surface area contributed by atoms with Gasteiger partial charge in [0.2, 0.25) is 11.8 Å². The lowest BCUT2D eigenvalue weighted by molar-refractivity contribution is -0.136. The number of carbonyl (C=O) groups is 2. The smallest absolute Gasteiger partial charge is 0.237 e. The van der Waals surface area contributed by atoms with Gasteiger partial charge in [0.05, 0.1) is 12.1 Å². The maximum Gasteiger partial charge on any atom is 0.237 e. The minimum atomic E-state index is -0.674. The number of β-amino-alcohol motifs (C(OH)–C–C–N with tert-alkyl or cyclic N) is 1. The van der Waals surface area contributed by atoms with Crippen LogP contribution in [0.4, 0.5) is 0 Å². The van der Waals surface area contributed by atoms with Gasteiger partial charge in [0.1, 0.15) is 0 Å². The van der Waals surface area contributed by atoms with E-state index in [0.29, 0.717) is 45.4 Å². The number of nitrogens with zero attached hydrogens (tertiary/aromatic N) is 2. The van der Waals surface area contributed by atoms with Crippen molar-refractivity contribution in [2.45, 2.75) is 31.8 Å². The van der Waals surface area contributed by atoms with E-state index >= 15 is 0 Å². The molecule has 4 N–H and O–H groups in total. The summed E-state index contributed by atoms with van der Waals surface area (Å²) in [7, 11) is 0. The van der Waals surface area contributed by atoms with E-state index in [1.165, 1.54) is 0 Å². The quantitative estimate of drug-likeness (QED) is 0.339. The van der Waals surface area contributed by atoms with Gasteiger partial charge in [-0.05, 0) is 26.2 Å². The number of nitrogens with one attached hydrogen (secondary N) is 1. The summed E-state index contributed by atoms with van der Waals surface area (Å²) in [6, 6.07) is 0. The highest BCUT2D eigenvalue weighted by Crippen LogP contribution is 2.21. The zero-order valence-corrected chi connectivity index (χ0v) is 12.0. The van der Waals surface area contributed by atoms with E-state index in [-0.39, 0.29) is 17.7 Å². The molecule has 114 valence electrons. The molecule has 0 aromatic heterocycles. The predicted molar refractivity (Wildman–Crippen MR) is 73.3 cm³/mol. The first-order chi connectivity index (χ1) is 9.41. The van der Waals surface area contributed by atoms with Gasteiger partial charge in [0.15, 0.2) is 0 Å². The standard InChI is InChI=1S/C13H24N4O3/c1-13(20)4-7-16(9-13)8-11(18)17-5-2-10(3-6-17)12(19)15-14/h10,20H,2-9,14H2,1H3,(H,15,19). The zero-order valence-electron chi connectivity index (χ0n) is 12.0. The SMILES string of the molecule is CC1(O)CCN(CC(=O)N2CCC(C(=O)NN)CC2)C1. The Labute approximate surface area is 119 Å². The van der Waals surface area contributed by atoms with Crippen molar-refractivity contribution in [2.24, 2.45) is 11.8 Å². The van der Waals surface area contributed by atoms with Crippen molar-refractivity contribution in [1.29, 1.82) is 0 Å². The van der Waals surface area contributed by atoms with Crippen molar-refractivity contribution >= 4 is 11.8 Å². The van der Waals surface area contributed by atoms with Gasteiger partial charge in [-0.2, -0.15) is 0 Å². The van der Waals surface area contributed by atoms with E-state index in [0.717, 1.165) is 6.54 Å². The van der Waals surface area contributed by atoms with Crippen LogP contribution in [0.2, 0.25) is 0 Å². The first-order valence-corrected chi connectivity index (χ1v) is 7.14. The first-order valence-electron chi connectivity index (χ1n) is 7.14. The molecule has 2 saturated heterocycles. The van der Waals surface area contributed by atoms with E-state index in [1.807, 2.05) is 4.90 Å². The number of aliphatic hydroxyl groups is 1. The second kappa shape index (κ2) is 6.07. The van der Waals surface area contributed by atoms with Crippen LogP contribution in [0.25, 0.3) is 0 Å². The van der Waals surface area contributed by atoms with Crippen molar-refractivity contribution in [1.82, 2.24) is 15.2 Å². The fourth-order valence-electron chi connectivity index (χ4n) is 2.97. The number of hydrazine groups is 1. The lowest BCUT2D eigenvalue weighted by Crippen LogP contribution is -2.47. The van der Waals surface area contributed by atoms with Gasteiger partial charge < -0.3 is 10.0 Å². The van der Waals surface area contributed by atoms with Crippen LogP contribution in [0.5, 0.6) is 0 Å². The van der Waals surface area contributed by atoms with Gasteiger partial charge in [-0.15, -0.1) is 0 Å². The maximum absolute atomic E-state index is 12.2. The van der Waals surface area contributed by atoms with Gasteiger partial charge in [0.25, 0.3) is 0 Å². The molecule has 20 heavy (non-hydrogen) atoms. The molecule has 7 heteroatoms. The zero-order chi connectivity index (χ0) is 14.8. The molecular formula is C13H24N4O3. The monoisotopic (exact) mass is 284 g/mol. The van der Waals surface area contributed by atoms with Crippen LogP contribution in [-0.2, 0) is 9.59 Å². The maximum atomic E-state index is 12.2. The normalized spacial score (nSPS) is 28.6. The minimum absolute atomic E-state index is 0.0781. The summed E-state index contributed by atoms with van der Waals surface area (Å²) >= 11 is 0. The number of nitrogens with two attached hydrogens (primary N) is 1. The lowest BCUT2D eigenvalue weighted by atomic mass is 9.96. The minimum Gasteiger partial charge on any atom is -0.389 e. The van der Waals surface area contributed by atoms with Crippen LogP contribution in [0, 0.1) is 5.92 Å². The van der Waals surface area contributed by atoms with Crippen molar-refractivity contribution < 1.29 is 14.7 Å². The molecule has 0 saturated carbocycles. The molecule has 2 fully saturated rings. The van der Waals surface area contributed by atoms with Crippen LogP contribution < -0.4 is 11.3 Å². The number of likely N-dealkylation sites (tertiary alicyclic amines) is 2. The average molecular weight is 284 g/mol. The third-order valence-electron chi connectivity index (χ3n) is 4.25. The van der Waals surface area contributed by atoms with E-state index < -0.39 is 5.60 Å². The number of piperidine rings is 1. The Morgan fingerprint density at radius 3 is 2.50 bits per heavy atom. The largest absolute Gasteiger partial charge is 0.389 e. The van der Waals surface area contributed by atoms with Crippen molar-refractivity contribution in [3.05, 3.63) is 0 Å². The molecule has 0 aromatic rings. The van der Waals surface area contributed by atoms with E-state index in [2.05, 4.69) is 5.43 Å². The van der Waals surface area contributed by atoms with Crippen LogP contribution in [-0.4, -0.2) is 65.0 Å². The first kappa shape index (κ1) is 15.2. The molecule has 2 heterocycles. The average Bonchev–Trinajstić information content (AvgIpc) is 2.77. The molecule has 0 radical (unpaired) electrons. The van der Waals surface area contributed by atoms with E-state index in [4.69, 9.17) is 5.84 Å². The van der Waals surface area contributed by atoms with E-state index in [9.17, 15) is 14.7 Å². The number of hydrogen-bond acceptors (Lipinski definition) is 5. The molecule has 2 aliphatic heterocycles. The molecule has 2 aliphatic rings. The molecule has 0 aliphatic carbocycles. The van der Waals surface area contributed by atoms with Gasteiger partial charge in [-0.3, -0.25) is 19.9 Å². The summed E-state index contributed by atoms with van der Waals surface area (Å²) in [6.07, 6.45) is 2.03. The third-order valence-corrected chi connectivity index (χ3v) is 4.25. The molecule has 0 aromatic carbocycles. The number of rotatable bonds is 3. The highest BCUT2D eigenvalue weighted by Gasteiger charge is 2.33. The van der Waals surface area contributed by atoms with Gasteiger partial charge in [-0.1, -0.05) is 0 Å². The Hall–Kier alpha value is -1.18. The van der Waals surface area contributed by atoms with Gasteiger partial charge in [0, 0.05) is 32.1 Å². The Balaban J connectivity index is 1.76. The molecule has 1 atom stereocenters. The second-order valence-corrected chi connectivity index (χ2v) is 6.12. The summed E-state index contributed by atoms with van der Waals surface area (Å²) in [5.41, 5.74) is 1.49. The number of carbonyl (C=O) groups excluding carboxylic acids is 2. The molecule has 1 unspecified atom stereocenters. The van der Waals surface area contributed by atoms with Gasteiger partial charge >= 0.3 is 0 Å². The Morgan fingerprint density at radius 2 is 2.00 bits per heavy atom. The summed E-state index contributed by atoms with van der Waals surface area (Å²) in [5.74, 6) is 4.97. The second-order valence-electron chi connectivity index (χ2n) is 6.12. The molecule has 7 nitrogen and oxygen atoms in total. The Kier molecular flexibility index (Phi) is 4.62. The molecule has 0 bridgehead atoms. The van der Waals surface area contributed by atoms with Crippen LogP contribution in [0.15, 0.2) is 0 Å². The molecule has 2 amide bonds. The lowest BCUT2D eigenvalue weighted by Gasteiger charge is -2.32. The van der Waals surface area contributed by atoms with Gasteiger partial charge in [-0.25, -0.2) is 5.84 Å². The van der Waals surface area contributed by atoms with Crippen LogP contribution in [0.1, 0.15) is 26.2 Å². The van der Waals surface area contributed by atoms with Crippen LogP contribution >= 0.6 is 0 Å². The van der Waals surface area contributed by atoms with Crippen LogP contribution in [0.3, 0.4) is 0 Å².